The summed E-state index contributed by atoms with van der Waals surface area (Å²) in [4.78, 5) is 26.5. The smallest absolute Gasteiger partial charge is 0.227 e. The van der Waals surface area contributed by atoms with E-state index in [0.717, 1.165) is 22.6 Å². The zero-order valence-corrected chi connectivity index (χ0v) is 15.6. The largest absolute Gasteiger partial charge is 0.497 e. The van der Waals surface area contributed by atoms with Gasteiger partial charge in [-0.3, -0.25) is 9.59 Å². The van der Waals surface area contributed by atoms with Crippen molar-refractivity contribution in [3.05, 3.63) is 59.7 Å². The van der Waals surface area contributed by atoms with Crippen LogP contribution < -0.4 is 15.0 Å². The number of hydrogen-bond acceptors (Lipinski definition) is 4. The van der Waals surface area contributed by atoms with Gasteiger partial charge in [-0.2, -0.15) is 0 Å². The van der Waals surface area contributed by atoms with E-state index in [-0.39, 0.29) is 24.2 Å². The lowest BCUT2D eigenvalue weighted by molar-refractivity contribution is -0.126. The van der Waals surface area contributed by atoms with Gasteiger partial charge in [0.2, 0.25) is 11.8 Å². The van der Waals surface area contributed by atoms with E-state index in [9.17, 15) is 9.59 Å². The predicted octanol–water partition coefficient (Wildman–Crippen LogP) is 2.51. The highest BCUT2D eigenvalue weighted by molar-refractivity contribution is 6.00. The van der Waals surface area contributed by atoms with E-state index in [1.807, 2.05) is 48.5 Å². The number of hydrogen-bond donors (Lipinski definition) is 1. The Morgan fingerprint density at radius 1 is 1.07 bits per heavy atom. The van der Waals surface area contributed by atoms with Crippen molar-refractivity contribution in [3.63, 3.8) is 0 Å². The van der Waals surface area contributed by atoms with Gasteiger partial charge in [-0.1, -0.05) is 24.3 Å². The Labute approximate surface area is 159 Å². The molecule has 27 heavy (non-hydrogen) atoms. The predicted molar refractivity (Wildman–Crippen MR) is 102 cm³/mol. The van der Waals surface area contributed by atoms with E-state index in [1.165, 1.54) is 0 Å². The molecule has 2 aromatic carbocycles. The Hall–Kier alpha value is -2.86. The van der Waals surface area contributed by atoms with Gasteiger partial charge in [-0.05, 0) is 35.4 Å². The molecule has 1 aliphatic rings. The molecule has 3 rings (SSSR count). The van der Waals surface area contributed by atoms with Gasteiger partial charge in [0.25, 0.3) is 0 Å². The number of nitrogens with zero attached hydrogens (tertiary/aromatic N) is 1. The van der Waals surface area contributed by atoms with Crippen molar-refractivity contribution in [1.82, 2.24) is 5.32 Å². The highest BCUT2D eigenvalue weighted by atomic mass is 16.5. The van der Waals surface area contributed by atoms with Crippen LogP contribution in [0.2, 0.25) is 0 Å². The first kappa shape index (κ1) is 18.9. The van der Waals surface area contributed by atoms with E-state index in [2.05, 4.69) is 5.32 Å². The molecule has 142 valence electrons. The van der Waals surface area contributed by atoms with Gasteiger partial charge in [0.15, 0.2) is 0 Å². The standard InChI is InChI=1S/C21H24N2O4/c1-26-14-16-5-3-15(4-6-16)12-22-21(25)17-11-20(24)23(13-17)18-7-9-19(27-2)10-8-18/h3-10,17H,11-14H2,1-2H3,(H,22,25). The summed E-state index contributed by atoms with van der Waals surface area (Å²) < 4.78 is 10.2. The van der Waals surface area contributed by atoms with Gasteiger partial charge in [-0.25, -0.2) is 0 Å². The summed E-state index contributed by atoms with van der Waals surface area (Å²) in [6.45, 7) is 1.40. The van der Waals surface area contributed by atoms with E-state index < -0.39 is 0 Å². The number of anilines is 1. The molecule has 1 atom stereocenters. The van der Waals surface area contributed by atoms with Crippen LogP contribution in [0.4, 0.5) is 5.69 Å². The van der Waals surface area contributed by atoms with Crippen molar-refractivity contribution >= 4 is 17.5 Å². The van der Waals surface area contributed by atoms with Crippen molar-refractivity contribution in [2.75, 3.05) is 25.7 Å². The molecule has 0 aromatic heterocycles. The summed E-state index contributed by atoms with van der Waals surface area (Å²) >= 11 is 0. The van der Waals surface area contributed by atoms with Crippen LogP contribution in [0.3, 0.4) is 0 Å². The van der Waals surface area contributed by atoms with Crippen LogP contribution >= 0.6 is 0 Å². The van der Waals surface area contributed by atoms with Crippen LogP contribution in [0.25, 0.3) is 0 Å². The number of methoxy groups -OCH3 is 2. The fraction of sp³-hybridized carbons (Fsp3) is 0.333. The first-order valence-corrected chi connectivity index (χ1v) is 8.89. The molecular weight excluding hydrogens is 344 g/mol. The number of benzene rings is 2. The van der Waals surface area contributed by atoms with Crippen LogP contribution in [0.1, 0.15) is 17.5 Å². The highest BCUT2D eigenvalue weighted by Gasteiger charge is 2.34. The van der Waals surface area contributed by atoms with Crippen molar-refractivity contribution in [2.24, 2.45) is 5.92 Å². The Balaban J connectivity index is 1.55. The molecular formula is C21H24N2O4. The van der Waals surface area contributed by atoms with Gasteiger partial charge < -0.3 is 19.7 Å². The zero-order valence-electron chi connectivity index (χ0n) is 15.6. The minimum absolute atomic E-state index is 0.0377. The summed E-state index contributed by atoms with van der Waals surface area (Å²) in [7, 11) is 3.26. The van der Waals surface area contributed by atoms with Gasteiger partial charge in [0, 0.05) is 32.3 Å². The molecule has 0 radical (unpaired) electrons. The summed E-state index contributed by atoms with van der Waals surface area (Å²) in [5.41, 5.74) is 2.88. The molecule has 0 bridgehead atoms. The Morgan fingerprint density at radius 3 is 2.37 bits per heavy atom. The van der Waals surface area contributed by atoms with Crippen molar-refractivity contribution < 1.29 is 19.1 Å². The average Bonchev–Trinajstić information content (AvgIpc) is 3.09. The maximum absolute atomic E-state index is 12.5. The number of carbonyl (C=O) groups excluding carboxylic acids is 2. The van der Waals surface area contributed by atoms with Crippen LogP contribution in [0, 0.1) is 5.92 Å². The van der Waals surface area contributed by atoms with E-state index in [1.54, 1.807) is 19.1 Å². The number of rotatable bonds is 7. The van der Waals surface area contributed by atoms with Gasteiger partial charge in [-0.15, -0.1) is 0 Å². The molecule has 1 aliphatic heterocycles. The summed E-state index contributed by atoms with van der Waals surface area (Å²) in [6.07, 6.45) is 0.227. The van der Waals surface area contributed by atoms with Crippen LogP contribution in [0.5, 0.6) is 5.75 Å². The fourth-order valence-corrected chi connectivity index (χ4v) is 3.15. The molecule has 1 N–H and O–H groups in total. The first-order valence-electron chi connectivity index (χ1n) is 8.89. The molecule has 6 heteroatoms. The zero-order chi connectivity index (χ0) is 19.2. The lowest BCUT2D eigenvalue weighted by Gasteiger charge is -2.17. The lowest BCUT2D eigenvalue weighted by atomic mass is 10.1. The Kier molecular flexibility index (Phi) is 6.08. The van der Waals surface area contributed by atoms with Gasteiger partial charge >= 0.3 is 0 Å². The first-order chi connectivity index (χ1) is 13.1. The van der Waals surface area contributed by atoms with Crippen LogP contribution in [-0.4, -0.2) is 32.6 Å². The maximum atomic E-state index is 12.5. The molecule has 6 nitrogen and oxygen atoms in total. The van der Waals surface area contributed by atoms with Crippen molar-refractivity contribution in [2.45, 2.75) is 19.6 Å². The minimum Gasteiger partial charge on any atom is -0.497 e. The van der Waals surface area contributed by atoms with Crippen molar-refractivity contribution in [1.29, 1.82) is 0 Å². The molecule has 0 spiro atoms. The molecule has 1 fully saturated rings. The average molecular weight is 368 g/mol. The molecule has 1 saturated heterocycles. The molecule has 2 aromatic rings. The summed E-state index contributed by atoms with van der Waals surface area (Å²) in [5, 5.41) is 2.93. The van der Waals surface area contributed by atoms with E-state index in [0.29, 0.717) is 19.7 Å². The second-order valence-corrected chi connectivity index (χ2v) is 6.57. The summed E-state index contributed by atoms with van der Waals surface area (Å²) in [5.74, 6) is 0.258. The Morgan fingerprint density at radius 2 is 1.74 bits per heavy atom. The number of amides is 2. The second kappa shape index (κ2) is 8.68. The second-order valence-electron chi connectivity index (χ2n) is 6.57. The fourth-order valence-electron chi connectivity index (χ4n) is 3.15. The molecule has 0 aliphatic carbocycles. The third-order valence-electron chi connectivity index (χ3n) is 4.68. The number of ether oxygens (including phenoxy) is 2. The van der Waals surface area contributed by atoms with E-state index >= 15 is 0 Å². The topological polar surface area (TPSA) is 67.9 Å². The third-order valence-corrected chi connectivity index (χ3v) is 4.68. The quantitative estimate of drug-likeness (QED) is 0.815. The molecule has 2 amide bonds. The number of carbonyl (C=O) groups is 2. The monoisotopic (exact) mass is 368 g/mol. The normalized spacial score (nSPS) is 16.4. The highest BCUT2D eigenvalue weighted by Crippen LogP contribution is 2.27. The molecule has 1 heterocycles. The van der Waals surface area contributed by atoms with Gasteiger partial charge in [0.1, 0.15) is 5.75 Å². The van der Waals surface area contributed by atoms with Crippen molar-refractivity contribution in [3.8, 4) is 5.75 Å². The lowest BCUT2D eigenvalue weighted by Crippen LogP contribution is -2.32. The summed E-state index contributed by atoms with van der Waals surface area (Å²) in [6, 6.07) is 15.2. The van der Waals surface area contributed by atoms with Crippen LogP contribution in [-0.2, 0) is 27.5 Å². The van der Waals surface area contributed by atoms with E-state index in [4.69, 9.17) is 9.47 Å². The minimum atomic E-state index is -0.340. The Bertz CT molecular complexity index is 787. The SMILES string of the molecule is COCc1ccc(CNC(=O)C2CC(=O)N(c3ccc(OC)cc3)C2)cc1. The number of nitrogens with one attached hydrogen (secondary N) is 1. The molecule has 0 saturated carbocycles. The maximum Gasteiger partial charge on any atom is 0.227 e. The van der Waals surface area contributed by atoms with Gasteiger partial charge in [0.05, 0.1) is 19.6 Å². The molecule has 1 unspecified atom stereocenters. The van der Waals surface area contributed by atoms with Crippen LogP contribution in [0.15, 0.2) is 48.5 Å². The third kappa shape index (κ3) is 4.65.